The van der Waals surface area contributed by atoms with Gasteiger partial charge in [0.1, 0.15) is 0 Å². The lowest BCUT2D eigenvalue weighted by atomic mass is 10.1. The van der Waals surface area contributed by atoms with Crippen molar-refractivity contribution in [2.75, 3.05) is 26.2 Å². The van der Waals surface area contributed by atoms with Crippen LogP contribution in [0.25, 0.3) is 0 Å². The van der Waals surface area contributed by atoms with E-state index in [2.05, 4.69) is 34.7 Å². The SMILES string of the molecule is C[C@@H]1c2ccccc2[P@@](=O)(c2ccccc2)N1CCN1CCCC1. The summed E-state index contributed by atoms with van der Waals surface area (Å²) in [5.74, 6) is 0. The molecule has 0 aliphatic carbocycles. The molecule has 2 aromatic rings. The molecule has 0 aromatic heterocycles. The van der Waals surface area contributed by atoms with Gasteiger partial charge in [-0.15, -0.1) is 0 Å². The van der Waals surface area contributed by atoms with Gasteiger partial charge in [0.2, 0.25) is 7.29 Å². The van der Waals surface area contributed by atoms with Gasteiger partial charge in [0.25, 0.3) is 0 Å². The summed E-state index contributed by atoms with van der Waals surface area (Å²) >= 11 is 0. The number of rotatable bonds is 4. The highest BCUT2D eigenvalue weighted by molar-refractivity contribution is 7.77. The second-order valence-corrected chi connectivity index (χ2v) is 9.52. The van der Waals surface area contributed by atoms with Crippen molar-refractivity contribution in [1.82, 2.24) is 9.57 Å². The fourth-order valence-electron chi connectivity index (χ4n) is 4.16. The smallest absolute Gasteiger partial charge is 0.208 e. The molecular formula is C20H25N2OP. The van der Waals surface area contributed by atoms with Crippen LogP contribution < -0.4 is 10.6 Å². The van der Waals surface area contributed by atoms with Crippen molar-refractivity contribution in [2.45, 2.75) is 25.8 Å². The molecule has 0 amide bonds. The van der Waals surface area contributed by atoms with E-state index in [9.17, 15) is 4.57 Å². The topological polar surface area (TPSA) is 23.6 Å². The number of likely N-dealkylation sites (tertiary alicyclic amines) is 1. The first-order valence-electron chi connectivity index (χ1n) is 8.96. The summed E-state index contributed by atoms with van der Waals surface area (Å²) in [5.41, 5.74) is 1.23. The highest BCUT2D eigenvalue weighted by atomic mass is 31.2. The van der Waals surface area contributed by atoms with Gasteiger partial charge in [0, 0.05) is 29.7 Å². The maximum absolute atomic E-state index is 14.3. The van der Waals surface area contributed by atoms with Crippen LogP contribution >= 0.6 is 7.29 Å². The normalized spacial score (nSPS) is 27.5. The Labute approximate surface area is 144 Å². The molecule has 1 fully saturated rings. The second kappa shape index (κ2) is 6.48. The fourth-order valence-corrected chi connectivity index (χ4v) is 7.47. The quantitative estimate of drug-likeness (QED) is 0.797. The van der Waals surface area contributed by atoms with E-state index in [0.29, 0.717) is 0 Å². The van der Waals surface area contributed by atoms with Crippen LogP contribution in [0.1, 0.15) is 31.4 Å². The van der Waals surface area contributed by atoms with Gasteiger partial charge >= 0.3 is 0 Å². The van der Waals surface area contributed by atoms with Crippen LogP contribution in [0.15, 0.2) is 54.6 Å². The first kappa shape index (κ1) is 16.1. The monoisotopic (exact) mass is 340 g/mol. The van der Waals surface area contributed by atoms with Gasteiger partial charge in [-0.05, 0) is 56.6 Å². The molecule has 4 heteroatoms. The van der Waals surface area contributed by atoms with Gasteiger partial charge in [0.05, 0.1) is 0 Å². The molecule has 0 unspecified atom stereocenters. The first-order chi connectivity index (χ1) is 11.7. The van der Waals surface area contributed by atoms with Crippen molar-refractivity contribution in [3.63, 3.8) is 0 Å². The van der Waals surface area contributed by atoms with Crippen molar-refractivity contribution in [2.24, 2.45) is 0 Å². The van der Waals surface area contributed by atoms with Gasteiger partial charge in [-0.25, -0.2) is 4.67 Å². The molecule has 126 valence electrons. The Morgan fingerprint density at radius 1 is 0.958 bits per heavy atom. The van der Waals surface area contributed by atoms with Crippen LogP contribution in [0.5, 0.6) is 0 Å². The van der Waals surface area contributed by atoms with E-state index in [4.69, 9.17) is 0 Å². The van der Waals surface area contributed by atoms with E-state index < -0.39 is 7.29 Å². The Bertz CT molecular complexity index is 755. The van der Waals surface area contributed by atoms with Crippen molar-refractivity contribution in [3.05, 3.63) is 60.2 Å². The largest absolute Gasteiger partial charge is 0.302 e. The van der Waals surface area contributed by atoms with Crippen LogP contribution in [-0.2, 0) is 4.57 Å². The summed E-state index contributed by atoms with van der Waals surface area (Å²) in [6.07, 6.45) is 2.60. The zero-order chi connectivity index (χ0) is 16.6. The maximum Gasteiger partial charge on any atom is 0.208 e. The Balaban J connectivity index is 1.72. The average Bonchev–Trinajstić information content (AvgIpc) is 3.22. The third kappa shape index (κ3) is 2.56. The number of fused-ring (bicyclic) bond motifs is 1. The molecule has 0 N–H and O–H groups in total. The first-order valence-corrected chi connectivity index (χ1v) is 10.6. The molecule has 0 spiro atoms. The number of hydrogen-bond donors (Lipinski definition) is 0. The summed E-state index contributed by atoms with van der Waals surface area (Å²) in [6.45, 7) is 6.44. The van der Waals surface area contributed by atoms with Gasteiger partial charge in [-0.2, -0.15) is 0 Å². The minimum Gasteiger partial charge on any atom is -0.302 e. The van der Waals surface area contributed by atoms with Gasteiger partial charge < -0.3 is 4.90 Å². The summed E-state index contributed by atoms with van der Waals surface area (Å²) in [7, 11) is -2.73. The van der Waals surface area contributed by atoms with E-state index >= 15 is 0 Å². The molecule has 0 bridgehead atoms. The van der Waals surface area contributed by atoms with Gasteiger partial charge in [0.15, 0.2) is 0 Å². The lowest BCUT2D eigenvalue weighted by Crippen LogP contribution is -2.34. The van der Waals surface area contributed by atoms with E-state index in [1.807, 2.05) is 36.4 Å². The Morgan fingerprint density at radius 2 is 1.62 bits per heavy atom. The van der Waals surface area contributed by atoms with Crippen molar-refractivity contribution >= 4 is 17.9 Å². The third-order valence-corrected chi connectivity index (χ3v) is 8.80. The van der Waals surface area contributed by atoms with E-state index in [-0.39, 0.29) is 6.04 Å². The number of benzene rings is 2. The standard InChI is InChI=1S/C20H25N2OP/c1-17-19-11-5-6-12-20(19)24(23,18-9-3-2-4-10-18)22(17)16-15-21-13-7-8-14-21/h2-6,9-12,17H,7-8,13-16H2,1H3/t17-,24+/m1/s1. The van der Waals surface area contributed by atoms with Crippen molar-refractivity contribution < 1.29 is 4.57 Å². The van der Waals surface area contributed by atoms with Crippen molar-refractivity contribution in [3.8, 4) is 0 Å². The predicted molar refractivity (Wildman–Crippen MR) is 101 cm³/mol. The van der Waals surface area contributed by atoms with Crippen LogP contribution in [0, 0.1) is 0 Å². The van der Waals surface area contributed by atoms with Gasteiger partial charge in [-0.3, -0.25) is 4.57 Å². The van der Waals surface area contributed by atoms with Crippen LogP contribution in [-0.4, -0.2) is 35.7 Å². The minimum absolute atomic E-state index is 0.204. The molecule has 24 heavy (non-hydrogen) atoms. The van der Waals surface area contributed by atoms with E-state index in [1.165, 1.54) is 31.5 Å². The molecule has 2 heterocycles. The lowest BCUT2D eigenvalue weighted by molar-refractivity contribution is 0.275. The third-order valence-electron chi connectivity index (χ3n) is 5.47. The van der Waals surface area contributed by atoms with Crippen LogP contribution in [0.2, 0.25) is 0 Å². The number of hydrogen-bond acceptors (Lipinski definition) is 2. The summed E-state index contributed by atoms with van der Waals surface area (Å²) in [5, 5.41) is 1.99. The molecule has 0 saturated carbocycles. The zero-order valence-corrected chi connectivity index (χ0v) is 15.2. The van der Waals surface area contributed by atoms with Gasteiger partial charge in [-0.1, -0.05) is 36.4 Å². The zero-order valence-electron chi connectivity index (χ0n) is 14.3. The summed E-state index contributed by atoms with van der Waals surface area (Å²) < 4.78 is 16.6. The van der Waals surface area contributed by atoms with Crippen LogP contribution in [0.3, 0.4) is 0 Å². The molecule has 2 aliphatic rings. The molecule has 2 aromatic carbocycles. The van der Waals surface area contributed by atoms with E-state index in [0.717, 1.165) is 23.7 Å². The lowest BCUT2D eigenvalue weighted by Gasteiger charge is -2.30. The molecule has 1 saturated heterocycles. The molecule has 2 atom stereocenters. The molecule has 3 nitrogen and oxygen atoms in total. The number of nitrogens with zero attached hydrogens (tertiary/aromatic N) is 2. The minimum atomic E-state index is -2.73. The highest BCUT2D eigenvalue weighted by Crippen LogP contribution is 2.57. The Kier molecular flexibility index (Phi) is 4.34. The molecule has 2 aliphatic heterocycles. The van der Waals surface area contributed by atoms with Crippen molar-refractivity contribution in [1.29, 1.82) is 0 Å². The van der Waals surface area contributed by atoms with Crippen LogP contribution in [0.4, 0.5) is 0 Å². The predicted octanol–water partition coefficient (Wildman–Crippen LogP) is 3.39. The Hall–Kier alpha value is -1.41. The Morgan fingerprint density at radius 3 is 2.38 bits per heavy atom. The average molecular weight is 340 g/mol. The second-order valence-electron chi connectivity index (χ2n) is 6.86. The fraction of sp³-hybridized carbons (Fsp3) is 0.400. The summed E-state index contributed by atoms with van der Waals surface area (Å²) in [6, 6.07) is 18.5. The maximum atomic E-state index is 14.3. The highest BCUT2D eigenvalue weighted by Gasteiger charge is 2.45. The summed E-state index contributed by atoms with van der Waals surface area (Å²) in [4.78, 5) is 2.50. The molecule has 0 radical (unpaired) electrons. The molecule has 4 rings (SSSR count). The van der Waals surface area contributed by atoms with E-state index in [1.54, 1.807) is 0 Å². The molecular weight excluding hydrogens is 315 g/mol.